The second-order valence-electron chi connectivity index (χ2n) is 4.30. The molecule has 100 valence electrons. The third-order valence-electron chi connectivity index (χ3n) is 2.54. The minimum atomic E-state index is -1.13. The largest absolute Gasteiger partial charge is 0.394 e. The molecule has 0 unspecified atom stereocenters. The summed E-state index contributed by atoms with van der Waals surface area (Å²) in [6, 6.07) is 4.15. The number of hydrogen-bond acceptors (Lipinski definition) is 3. The van der Waals surface area contributed by atoms with Crippen LogP contribution in [-0.2, 0) is 11.2 Å². The highest BCUT2D eigenvalue weighted by molar-refractivity contribution is 6.31. The molecule has 18 heavy (non-hydrogen) atoms. The fourth-order valence-corrected chi connectivity index (χ4v) is 1.60. The number of benzene rings is 1. The first-order valence-electron chi connectivity index (χ1n) is 5.37. The van der Waals surface area contributed by atoms with E-state index in [1.807, 2.05) is 0 Å². The first-order chi connectivity index (χ1) is 8.41. The van der Waals surface area contributed by atoms with Crippen molar-refractivity contribution in [2.45, 2.75) is 18.9 Å². The summed E-state index contributed by atoms with van der Waals surface area (Å²) in [6.45, 7) is 0.647. The van der Waals surface area contributed by atoms with E-state index in [1.54, 1.807) is 0 Å². The first-order valence-corrected chi connectivity index (χ1v) is 5.75. The van der Waals surface area contributed by atoms with Gasteiger partial charge in [0.1, 0.15) is 5.82 Å². The quantitative estimate of drug-likeness (QED) is 0.747. The van der Waals surface area contributed by atoms with E-state index < -0.39 is 30.5 Å². The Labute approximate surface area is 109 Å². The predicted octanol–water partition coefficient (Wildman–Crippen LogP) is 0.881. The van der Waals surface area contributed by atoms with Crippen molar-refractivity contribution in [3.05, 3.63) is 34.6 Å². The summed E-state index contributed by atoms with van der Waals surface area (Å²) < 4.78 is 13.4. The van der Waals surface area contributed by atoms with Gasteiger partial charge in [-0.2, -0.15) is 0 Å². The summed E-state index contributed by atoms with van der Waals surface area (Å²) in [6.07, 6.45) is -0.249. The van der Waals surface area contributed by atoms with Crippen molar-refractivity contribution in [2.75, 3.05) is 13.2 Å². The zero-order valence-corrected chi connectivity index (χ0v) is 10.7. The number of nitrogens with one attached hydrogen (secondary N) is 1. The van der Waals surface area contributed by atoms with Gasteiger partial charge in [0, 0.05) is 10.6 Å². The fraction of sp³-hybridized carbons (Fsp3) is 0.417. The van der Waals surface area contributed by atoms with E-state index in [2.05, 4.69) is 5.32 Å². The van der Waals surface area contributed by atoms with Gasteiger partial charge in [-0.1, -0.05) is 17.7 Å². The first kappa shape index (κ1) is 14.9. The Kier molecular flexibility index (Phi) is 5.07. The van der Waals surface area contributed by atoms with Gasteiger partial charge in [0.15, 0.2) is 0 Å². The molecule has 4 nitrogen and oxygen atoms in total. The van der Waals surface area contributed by atoms with Crippen molar-refractivity contribution < 1.29 is 19.4 Å². The van der Waals surface area contributed by atoms with E-state index >= 15 is 0 Å². The van der Waals surface area contributed by atoms with E-state index in [-0.39, 0.29) is 17.0 Å². The van der Waals surface area contributed by atoms with E-state index in [9.17, 15) is 9.18 Å². The molecule has 0 spiro atoms. The highest BCUT2D eigenvalue weighted by atomic mass is 35.5. The normalized spacial score (nSPS) is 11.4. The summed E-state index contributed by atoms with van der Waals surface area (Å²) in [5, 5.41) is 20.7. The third-order valence-corrected chi connectivity index (χ3v) is 2.89. The Balaban J connectivity index is 2.77. The summed E-state index contributed by atoms with van der Waals surface area (Å²) in [7, 11) is 0. The standard InChI is InChI=1S/C12H15ClFNO3/c1-12(6-16,7-17)15-11(18)5-8-9(13)3-2-4-10(8)14/h2-4,16-17H,5-7H2,1H3,(H,15,18). The van der Waals surface area contributed by atoms with Crippen LogP contribution in [0.1, 0.15) is 12.5 Å². The minimum Gasteiger partial charge on any atom is -0.394 e. The number of carbonyl (C=O) groups excluding carboxylic acids is 1. The number of rotatable bonds is 5. The molecule has 0 aliphatic rings. The minimum absolute atomic E-state index is 0.0925. The van der Waals surface area contributed by atoms with E-state index in [0.29, 0.717) is 0 Å². The number of carbonyl (C=O) groups is 1. The van der Waals surface area contributed by atoms with Crippen molar-refractivity contribution in [2.24, 2.45) is 0 Å². The second kappa shape index (κ2) is 6.13. The van der Waals surface area contributed by atoms with Crippen LogP contribution in [0.2, 0.25) is 5.02 Å². The van der Waals surface area contributed by atoms with Crippen LogP contribution in [0.5, 0.6) is 0 Å². The summed E-state index contributed by atoms with van der Waals surface area (Å²) in [5.41, 5.74) is -1.04. The van der Waals surface area contributed by atoms with Crippen molar-refractivity contribution in [3.8, 4) is 0 Å². The fourth-order valence-electron chi connectivity index (χ4n) is 1.37. The lowest BCUT2D eigenvalue weighted by molar-refractivity contribution is -0.123. The molecule has 0 saturated heterocycles. The van der Waals surface area contributed by atoms with Crippen LogP contribution in [-0.4, -0.2) is 34.9 Å². The zero-order chi connectivity index (χ0) is 13.8. The SMILES string of the molecule is CC(CO)(CO)NC(=O)Cc1c(F)cccc1Cl. The molecule has 6 heteroatoms. The third kappa shape index (κ3) is 3.66. The summed E-state index contributed by atoms with van der Waals surface area (Å²) in [5.74, 6) is -1.08. The highest BCUT2D eigenvalue weighted by Crippen LogP contribution is 2.19. The van der Waals surface area contributed by atoms with Crippen LogP contribution >= 0.6 is 11.6 Å². The molecule has 1 amide bonds. The van der Waals surface area contributed by atoms with Crippen LogP contribution in [0.15, 0.2) is 18.2 Å². The Morgan fingerprint density at radius 3 is 2.56 bits per heavy atom. The van der Waals surface area contributed by atoms with E-state index in [1.165, 1.54) is 25.1 Å². The lowest BCUT2D eigenvalue weighted by Crippen LogP contribution is -2.52. The Hall–Kier alpha value is -1.17. The molecule has 0 radical (unpaired) electrons. The van der Waals surface area contributed by atoms with Gasteiger partial charge in [-0.25, -0.2) is 4.39 Å². The van der Waals surface area contributed by atoms with Crippen LogP contribution in [0.4, 0.5) is 4.39 Å². The van der Waals surface area contributed by atoms with Gasteiger partial charge in [-0.15, -0.1) is 0 Å². The van der Waals surface area contributed by atoms with Crippen LogP contribution < -0.4 is 5.32 Å². The molecule has 0 aromatic heterocycles. The van der Waals surface area contributed by atoms with E-state index in [0.717, 1.165) is 0 Å². The molecule has 0 saturated carbocycles. The molecular formula is C12H15ClFNO3. The number of amides is 1. The van der Waals surface area contributed by atoms with Crippen molar-refractivity contribution in [1.29, 1.82) is 0 Å². The van der Waals surface area contributed by atoms with Gasteiger partial charge < -0.3 is 15.5 Å². The molecule has 1 aromatic rings. The molecule has 1 aromatic carbocycles. The lowest BCUT2D eigenvalue weighted by atomic mass is 10.0. The zero-order valence-electron chi connectivity index (χ0n) is 9.91. The number of halogens is 2. The molecule has 1 rings (SSSR count). The van der Waals surface area contributed by atoms with E-state index in [4.69, 9.17) is 21.8 Å². The van der Waals surface area contributed by atoms with Crippen LogP contribution in [0.3, 0.4) is 0 Å². The number of aliphatic hydroxyl groups is 2. The Morgan fingerprint density at radius 1 is 1.44 bits per heavy atom. The maximum absolute atomic E-state index is 13.4. The maximum Gasteiger partial charge on any atom is 0.225 e. The Morgan fingerprint density at radius 2 is 2.06 bits per heavy atom. The van der Waals surface area contributed by atoms with Crippen LogP contribution in [0.25, 0.3) is 0 Å². The number of hydrogen-bond donors (Lipinski definition) is 3. The van der Waals surface area contributed by atoms with Crippen molar-refractivity contribution in [3.63, 3.8) is 0 Å². The monoisotopic (exact) mass is 275 g/mol. The maximum atomic E-state index is 13.4. The molecule has 0 aliphatic carbocycles. The summed E-state index contributed by atoms with van der Waals surface area (Å²) in [4.78, 5) is 11.7. The van der Waals surface area contributed by atoms with Gasteiger partial charge in [0.25, 0.3) is 0 Å². The highest BCUT2D eigenvalue weighted by Gasteiger charge is 2.25. The molecule has 0 bridgehead atoms. The van der Waals surface area contributed by atoms with Gasteiger partial charge in [-0.05, 0) is 19.1 Å². The van der Waals surface area contributed by atoms with Crippen molar-refractivity contribution >= 4 is 17.5 Å². The average molecular weight is 276 g/mol. The van der Waals surface area contributed by atoms with Crippen LogP contribution in [0, 0.1) is 5.82 Å². The van der Waals surface area contributed by atoms with Gasteiger partial charge in [0.2, 0.25) is 5.91 Å². The smallest absolute Gasteiger partial charge is 0.225 e. The number of aliphatic hydroxyl groups excluding tert-OH is 2. The molecule has 0 heterocycles. The lowest BCUT2D eigenvalue weighted by Gasteiger charge is -2.26. The Bertz CT molecular complexity index is 415. The molecule has 0 fully saturated rings. The molecule has 3 N–H and O–H groups in total. The molecular weight excluding hydrogens is 261 g/mol. The van der Waals surface area contributed by atoms with Gasteiger partial charge >= 0.3 is 0 Å². The molecule has 0 atom stereocenters. The summed E-state index contributed by atoms with van der Waals surface area (Å²) >= 11 is 5.79. The van der Waals surface area contributed by atoms with Crippen molar-refractivity contribution in [1.82, 2.24) is 5.32 Å². The van der Waals surface area contributed by atoms with Gasteiger partial charge in [-0.3, -0.25) is 4.79 Å². The average Bonchev–Trinajstić information content (AvgIpc) is 2.34. The molecule has 0 aliphatic heterocycles. The second-order valence-corrected chi connectivity index (χ2v) is 4.71. The predicted molar refractivity (Wildman–Crippen MR) is 65.8 cm³/mol. The topological polar surface area (TPSA) is 69.6 Å². The van der Waals surface area contributed by atoms with Gasteiger partial charge in [0.05, 0.1) is 25.2 Å².